The van der Waals surface area contributed by atoms with Crippen LogP contribution in [-0.2, 0) is 19.6 Å². The second-order valence-electron chi connectivity index (χ2n) is 3.67. The SMILES string of the molecule is COC(=O)C(C)NS(=O)(=O)c1cc(Cl)cc(N)c1F. The summed E-state index contributed by atoms with van der Waals surface area (Å²) < 4.78 is 43.8. The van der Waals surface area contributed by atoms with Gasteiger partial charge >= 0.3 is 5.97 Å². The molecule has 1 aromatic rings. The highest BCUT2D eigenvalue weighted by atomic mass is 35.5. The zero-order chi connectivity index (χ0) is 14.8. The van der Waals surface area contributed by atoms with Gasteiger partial charge in [0.1, 0.15) is 10.9 Å². The van der Waals surface area contributed by atoms with Crippen molar-refractivity contribution in [3.8, 4) is 0 Å². The number of ether oxygens (including phenoxy) is 1. The third-order valence-electron chi connectivity index (χ3n) is 2.21. The van der Waals surface area contributed by atoms with E-state index in [1.54, 1.807) is 0 Å². The first-order valence-electron chi connectivity index (χ1n) is 5.03. The van der Waals surface area contributed by atoms with Crippen molar-refractivity contribution in [1.29, 1.82) is 0 Å². The Kier molecular flexibility index (Phi) is 4.72. The lowest BCUT2D eigenvalue weighted by Gasteiger charge is -2.13. The van der Waals surface area contributed by atoms with Crippen molar-refractivity contribution < 1.29 is 22.3 Å². The molecule has 0 saturated heterocycles. The molecule has 106 valence electrons. The number of anilines is 1. The van der Waals surface area contributed by atoms with Crippen molar-refractivity contribution >= 4 is 33.3 Å². The van der Waals surface area contributed by atoms with Gasteiger partial charge in [-0.1, -0.05) is 11.6 Å². The van der Waals surface area contributed by atoms with Gasteiger partial charge in [0.25, 0.3) is 0 Å². The summed E-state index contributed by atoms with van der Waals surface area (Å²) in [5.41, 5.74) is 4.89. The topological polar surface area (TPSA) is 98.5 Å². The van der Waals surface area contributed by atoms with Crippen LogP contribution in [0.1, 0.15) is 6.92 Å². The summed E-state index contributed by atoms with van der Waals surface area (Å²) in [4.78, 5) is 10.4. The molecule has 1 rings (SSSR count). The van der Waals surface area contributed by atoms with Gasteiger partial charge in [-0.3, -0.25) is 4.79 Å². The minimum Gasteiger partial charge on any atom is -0.468 e. The molecule has 3 N–H and O–H groups in total. The van der Waals surface area contributed by atoms with Gasteiger partial charge in [0.15, 0.2) is 5.82 Å². The number of nitrogens with two attached hydrogens (primary N) is 1. The number of benzene rings is 1. The molecule has 0 aliphatic carbocycles. The number of rotatable bonds is 4. The highest BCUT2D eigenvalue weighted by Crippen LogP contribution is 2.25. The van der Waals surface area contributed by atoms with Gasteiger partial charge in [-0.2, -0.15) is 4.72 Å². The summed E-state index contributed by atoms with van der Waals surface area (Å²) in [7, 11) is -3.18. The molecule has 0 radical (unpaired) electrons. The summed E-state index contributed by atoms with van der Waals surface area (Å²) in [6, 6.07) is 0.814. The molecule has 1 unspecified atom stereocenters. The van der Waals surface area contributed by atoms with E-state index in [4.69, 9.17) is 17.3 Å². The Morgan fingerprint density at radius 3 is 2.63 bits per heavy atom. The van der Waals surface area contributed by atoms with E-state index in [9.17, 15) is 17.6 Å². The Morgan fingerprint density at radius 1 is 1.53 bits per heavy atom. The molecule has 0 heterocycles. The molecule has 0 aliphatic rings. The van der Waals surface area contributed by atoms with Crippen LogP contribution in [0.2, 0.25) is 5.02 Å². The van der Waals surface area contributed by atoms with Crippen LogP contribution in [0.3, 0.4) is 0 Å². The molecule has 0 fully saturated rings. The quantitative estimate of drug-likeness (QED) is 0.636. The number of methoxy groups -OCH3 is 1. The van der Waals surface area contributed by atoms with Crippen molar-refractivity contribution in [3.63, 3.8) is 0 Å². The van der Waals surface area contributed by atoms with Crippen LogP contribution in [0.15, 0.2) is 17.0 Å². The molecule has 19 heavy (non-hydrogen) atoms. The summed E-state index contributed by atoms with van der Waals surface area (Å²) in [5, 5.41) is -0.0370. The largest absolute Gasteiger partial charge is 0.468 e. The lowest BCUT2D eigenvalue weighted by Crippen LogP contribution is -2.39. The molecular formula is C10H12ClFN2O4S. The standard InChI is InChI=1S/C10H12ClFN2O4S/c1-5(10(15)18-2)14-19(16,17)8-4-6(11)3-7(13)9(8)12/h3-5,14H,13H2,1-2H3. The highest BCUT2D eigenvalue weighted by molar-refractivity contribution is 7.89. The average Bonchev–Trinajstić information content (AvgIpc) is 2.31. The van der Waals surface area contributed by atoms with E-state index in [1.165, 1.54) is 6.92 Å². The first-order chi connectivity index (χ1) is 8.69. The number of esters is 1. The first kappa shape index (κ1) is 15.7. The smallest absolute Gasteiger partial charge is 0.323 e. The maximum Gasteiger partial charge on any atom is 0.323 e. The highest BCUT2D eigenvalue weighted by Gasteiger charge is 2.26. The molecule has 0 aliphatic heterocycles. The second kappa shape index (κ2) is 5.72. The zero-order valence-corrected chi connectivity index (χ0v) is 11.7. The van der Waals surface area contributed by atoms with E-state index < -0.39 is 38.4 Å². The molecule has 6 nitrogen and oxygen atoms in total. The van der Waals surface area contributed by atoms with Crippen molar-refractivity contribution in [2.75, 3.05) is 12.8 Å². The van der Waals surface area contributed by atoms with E-state index >= 15 is 0 Å². The molecule has 0 spiro atoms. The predicted molar refractivity (Wildman–Crippen MR) is 67.6 cm³/mol. The lowest BCUT2D eigenvalue weighted by atomic mass is 10.3. The van der Waals surface area contributed by atoms with E-state index in [-0.39, 0.29) is 5.02 Å². The molecule has 1 aromatic carbocycles. The van der Waals surface area contributed by atoms with E-state index in [0.717, 1.165) is 19.2 Å². The molecule has 0 aromatic heterocycles. The van der Waals surface area contributed by atoms with Crippen LogP contribution in [0.25, 0.3) is 0 Å². The van der Waals surface area contributed by atoms with Crippen molar-refractivity contribution in [2.45, 2.75) is 17.9 Å². The fraction of sp³-hybridized carbons (Fsp3) is 0.300. The van der Waals surface area contributed by atoms with Gasteiger partial charge in [0, 0.05) is 5.02 Å². The van der Waals surface area contributed by atoms with Crippen LogP contribution in [-0.4, -0.2) is 27.5 Å². The third-order valence-corrected chi connectivity index (χ3v) is 3.97. The van der Waals surface area contributed by atoms with Crippen molar-refractivity contribution in [2.24, 2.45) is 0 Å². The lowest BCUT2D eigenvalue weighted by molar-refractivity contribution is -0.142. The first-order valence-corrected chi connectivity index (χ1v) is 6.90. The van der Waals surface area contributed by atoms with Crippen LogP contribution in [0.4, 0.5) is 10.1 Å². The number of nitrogens with one attached hydrogen (secondary N) is 1. The van der Waals surface area contributed by atoms with E-state index in [0.29, 0.717) is 0 Å². The maximum absolute atomic E-state index is 13.7. The summed E-state index contributed by atoms with van der Waals surface area (Å²) in [6.45, 7) is 1.26. The van der Waals surface area contributed by atoms with Gasteiger partial charge in [0.05, 0.1) is 12.8 Å². The van der Waals surface area contributed by atoms with E-state index in [1.807, 2.05) is 4.72 Å². The Hall–Kier alpha value is -1.38. The van der Waals surface area contributed by atoms with Gasteiger partial charge < -0.3 is 10.5 Å². The maximum atomic E-state index is 13.7. The van der Waals surface area contributed by atoms with Crippen LogP contribution >= 0.6 is 11.6 Å². The fourth-order valence-corrected chi connectivity index (χ4v) is 2.92. The van der Waals surface area contributed by atoms with Crippen molar-refractivity contribution in [1.82, 2.24) is 4.72 Å². The third kappa shape index (κ3) is 3.55. The van der Waals surface area contributed by atoms with Gasteiger partial charge in [-0.25, -0.2) is 12.8 Å². The summed E-state index contributed by atoms with van der Waals surface area (Å²) in [6.07, 6.45) is 0. The number of halogens is 2. The minimum atomic E-state index is -4.28. The summed E-state index contributed by atoms with van der Waals surface area (Å²) >= 11 is 5.62. The van der Waals surface area contributed by atoms with Gasteiger partial charge in [0.2, 0.25) is 10.0 Å². The predicted octanol–water partition coefficient (Wildman–Crippen LogP) is 0.901. The Labute approximate surface area is 114 Å². The van der Waals surface area contributed by atoms with Crippen LogP contribution < -0.4 is 10.5 Å². The zero-order valence-electron chi connectivity index (χ0n) is 10.1. The second-order valence-corrected chi connectivity index (χ2v) is 5.79. The van der Waals surface area contributed by atoms with Crippen molar-refractivity contribution in [3.05, 3.63) is 23.0 Å². The Morgan fingerprint density at radius 2 is 2.11 bits per heavy atom. The van der Waals surface area contributed by atoms with E-state index in [2.05, 4.69) is 4.74 Å². The molecule has 0 amide bonds. The number of nitrogen functional groups attached to an aromatic ring is 1. The fourth-order valence-electron chi connectivity index (χ4n) is 1.30. The summed E-state index contributed by atoms with van der Waals surface area (Å²) in [5.74, 6) is -1.94. The normalized spacial score (nSPS) is 13.1. The minimum absolute atomic E-state index is 0.0370. The number of hydrogen-bond donors (Lipinski definition) is 2. The molecule has 0 bridgehead atoms. The van der Waals surface area contributed by atoms with Gasteiger partial charge in [-0.05, 0) is 19.1 Å². The monoisotopic (exact) mass is 310 g/mol. The Balaban J connectivity index is 3.18. The molecule has 0 saturated carbocycles. The molecular weight excluding hydrogens is 299 g/mol. The average molecular weight is 311 g/mol. The Bertz CT molecular complexity index is 606. The van der Waals surface area contributed by atoms with Gasteiger partial charge in [-0.15, -0.1) is 0 Å². The molecule has 1 atom stereocenters. The molecule has 9 heteroatoms. The number of hydrogen-bond acceptors (Lipinski definition) is 5. The number of carbonyl (C=O) groups excluding carboxylic acids is 1. The number of sulfonamides is 1. The number of carbonyl (C=O) groups is 1. The van der Waals surface area contributed by atoms with Crippen LogP contribution in [0.5, 0.6) is 0 Å². The van der Waals surface area contributed by atoms with Crippen LogP contribution in [0, 0.1) is 5.82 Å².